The number of halogens is 1. The molecule has 2 heterocycles. The van der Waals surface area contributed by atoms with Crippen LogP contribution in [0.2, 0.25) is 0 Å². The third-order valence-electron chi connectivity index (χ3n) is 4.01. The van der Waals surface area contributed by atoms with E-state index in [1.54, 1.807) is 0 Å². The summed E-state index contributed by atoms with van der Waals surface area (Å²) in [6, 6.07) is 0. The molecule has 0 amide bonds. The maximum atomic E-state index is 14.6. The minimum absolute atomic E-state index is 0.665. The number of quaternary nitrogens is 1. The number of hydrogen-bond acceptors (Lipinski definition) is 2. The number of alkyl halides is 1. The normalized spacial score (nSPS) is 28.1. The second-order valence-corrected chi connectivity index (χ2v) is 5.23. The fraction of sp³-hybridized carbons (Fsp3) is 1.00. The Morgan fingerprint density at radius 1 is 1.06 bits per heavy atom. The third kappa shape index (κ3) is 3.15. The Labute approximate surface area is 98.0 Å². The summed E-state index contributed by atoms with van der Waals surface area (Å²) in [4.78, 5) is 4.66. The Morgan fingerprint density at radius 3 is 2.25 bits per heavy atom. The lowest BCUT2D eigenvalue weighted by Crippen LogP contribution is -2.89. The van der Waals surface area contributed by atoms with E-state index in [4.69, 9.17) is 0 Å². The van der Waals surface area contributed by atoms with E-state index < -0.39 is 5.67 Å². The van der Waals surface area contributed by atoms with Crippen LogP contribution in [0.25, 0.3) is 0 Å². The van der Waals surface area contributed by atoms with E-state index in [1.807, 2.05) is 0 Å². The Kier molecular flexibility index (Phi) is 4.16. The average Bonchev–Trinajstić information content (AvgIpc) is 2.31. The van der Waals surface area contributed by atoms with Crippen LogP contribution in [0.1, 0.15) is 19.8 Å². The highest BCUT2D eigenvalue weighted by atomic mass is 19.1. The molecule has 2 N–H and O–H groups in total. The molecule has 94 valence electrons. The zero-order chi connectivity index (χ0) is 11.4. The van der Waals surface area contributed by atoms with Gasteiger partial charge in [0.15, 0.2) is 0 Å². The van der Waals surface area contributed by atoms with Gasteiger partial charge in [0.25, 0.3) is 0 Å². The summed E-state index contributed by atoms with van der Waals surface area (Å²) in [6.45, 7) is 10.2. The summed E-state index contributed by atoms with van der Waals surface area (Å²) in [5, 5.41) is 2.32. The number of piperazine rings is 1. The predicted molar refractivity (Wildman–Crippen MR) is 63.3 cm³/mol. The van der Waals surface area contributed by atoms with Gasteiger partial charge in [-0.25, -0.2) is 4.39 Å². The molecular weight excluding hydrogens is 205 g/mol. The number of likely N-dealkylation sites (tertiary alicyclic amines) is 1. The Balaban J connectivity index is 1.79. The number of piperidine rings is 1. The molecule has 4 heteroatoms. The molecule has 3 nitrogen and oxygen atoms in total. The zero-order valence-corrected chi connectivity index (χ0v) is 10.4. The summed E-state index contributed by atoms with van der Waals surface area (Å²) in [5.41, 5.74) is -0.914. The van der Waals surface area contributed by atoms with Crippen molar-refractivity contribution in [1.82, 2.24) is 9.80 Å². The van der Waals surface area contributed by atoms with Crippen LogP contribution in [-0.2, 0) is 0 Å². The van der Waals surface area contributed by atoms with Gasteiger partial charge in [0.2, 0.25) is 0 Å². The lowest BCUT2D eigenvalue weighted by atomic mass is 9.92. The SMILES string of the molecule is CCN1CCC(F)(CN2CC[NH2+]CC2)CC1. The molecule has 0 aliphatic carbocycles. The number of nitrogens with two attached hydrogens (primary N) is 1. The third-order valence-corrected chi connectivity index (χ3v) is 4.01. The van der Waals surface area contributed by atoms with Crippen LogP contribution in [0.3, 0.4) is 0 Å². The van der Waals surface area contributed by atoms with Crippen molar-refractivity contribution < 1.29 is 9.71 Å². The lowest BCUT2D eigenvalue weighted by molar-refractivity contribution is -0.663. The molecule has 2 aliphatic heterocycles. The molecular formula is C12H25FN3+. The summed E-state index contributed by atoms with van der Waals surface area (Å²) in [6.07, 6.45) is 1.45. The van der Waals surface area contributed by atoms with Crippen molar-refractivity contribution in [3.05, 3.63) is 0 Å². The van der Waals surface area contributed by atoms with Crippen LogP contribution in [0.5, 0.6) is 0 Å². The van der Waals surface area contributed by atoms with Crippen LogP contribution < -0.4 is 5.32 Å². The molecule has 0 bridgehead atoms. The predicted octanol–water partition coefficient (Wildman–Crippen LogP) is -0.311. The first-order valence-corrected chi connectivity index (χ1v) is 6.67. The smallest absolute Gasteiger partial charge is 0.126 e. The fourth-order valence-corrected chi connectivity index (χ4v) is 2.79. The van der Waals surface area contributed by atoms with E-state index in [1.165, 1.54) is 0 Å². The zero-order valence-electron chi connectivity index (χ0n) is 10.4. The lowest BCUT2D eigenvalue weighted by Gasteiger charge is -2.39. The number of hydrogen-bond donors (Lipinski definition) is 1. The molecule has 2 aliphatic rings. The van der Waals surface area contributed by atoms with Gasteiger partial charge in [-0.3, -0.25) is 4.90 Å². The Bertz CT molecular complexity index is 208. The largest absolute Gasteiger partial charge is 0.344 e. The monoisotopic (exact) mass is 230 g/mol. The number of rotatable bonds is 3. The van der Waals surface area contributed by atoms with E-state index in [2.05, 4.69) is 22.0 Å². The summed E-state index contributed by atoms with van der Waals surface area (Å²) >= 11 is 0. The van der Waals surface area contributed by atoms with Gasteiger partial charge >= 0.3 is 0 Å². The number of nitrogens with zero attached hydrogens (tertiary/aromatic N) is 2. The molecule has 2 saturated heterocycles. The molecule has 16 heavy (non-hydrogen) atoms. The van der Waals surface area contributed by atoms with Gasteiger partial charge in [0.05, 0.1) is 13.1 Å². The fourth-order valence-electron chi connectivity index (χ4n) is 2.79. The average molecular weight is 230 g/mol. The first-order valence-electron chi connectivity index (χ1n) is 6.67. The van der Waals surface area contributed by atoms with E-state index in [-0.39, 0.29) is 0 Å². The second kappa shape index (κ2) is 5.43. The van der Waals surface area contributed by atoms with Crippen LogP contribution in [0, 0.1) is 0 Å². The first kappa shape index (κ1) is 12.3. The quantitative estimate of drug-likeness (QED) is 0.719. The van der Waals surface area contributed by atoms with Gasteiger partial charge in [-0.05, 0) is 19.4 Å². The van der Waals surface area contributed by atoms with E-state index in [0.29, 0.717) is 6.54 Å². The molecule has 2 rings (SSSR count). The maximum absolute atomic E-state index is 14.6. The summed E-state index contributed by atoms with van der Waals surface area (Å²) < 4.78 is 14.6. The highest BCUT2D eigenvalue weighted by Gasteiger charge is 2.36. The van der Waals surface area contributed by atoms with Gasteiger partial charge in [-0.15, -0.1) is 0 Å². The van der Waals surface area contributed by atoms with Crippen molar-refractivity contribution in [2.24, 2.45) is 0 Å². The molecule has 2 fully saturated rings. The van der Waals surface area contributed by atoms with Gasteiger partial charge in [0.1, 0.15) is 5.67 Å². The van der Waals surface area contributed by atoms with E-state index in [0.717, 1.165) is 58.7 Å². The van der Waals surface area contributed by atoms with Crippen LogP contribution in [0.15, 0.2) is 0 Å². The van der Waals surface area contributed by atoms with Crippen molar-refractivity contribution in [3.63, 3.8) is 0 Å². The first-order chi connectivity index (χ1) is 7.72. The molecule has 0 radical (unpaired) electrons. The summed E-state index contributed by atoms with van der Waals surface area (Å²) in [5.74, 6) is 0. The second-order valence-electron chi connectivity index (χ2n) is 5.23. The van der Waals surface area contributed by atoms with E-state index >= 15 is 0 Å². The van der Waals surface area contributed by atoms with Crippen molar-refractivity contribution in [2.75, 3.05) is 52.4 Å². The van der Waals surface area contributed by atoms with Gasteiger partial charge in [-0.2, -0.15) is 0 Å². The standard InChI is InChI=1S/C12H24FN3/c1-2-15-7-3-12(13,4-8-15)11-16-9-5-14-6-10-16/h14H,2-11H2,1H3/p+1. The molecule has 0 aromatic rings. The highest BCUT2D eigenvalue weighted by Crippen LogP contribution is 2.27. The van der Waals surface area contributed by atoms with Gasteiger partial charge in [0, 0.05) is 32.7 Å². The molecule has 0 aromatic carbocycles. The van der Waals surface area contributed by atoms with Crippen molar-refractivity contribution in [3.8, 4) is 0 Å². The minimum atomic E-state index is -0.914. The molecule has 0 unspecified atom stereocenters. The highest BCUT2D eigenvalue weighted by molar-refractivity contribution is 4.89. The molecule has 0 saturated carbocycles. The molecule has 0 spiro atoms. The van der Waals surface area contributed by atoms with Crippen molar-refractivity contribution in [2.45, 2.75) is 25.4 Å². The Hall–Kier alpha value is -0.190. The summed E-state index contributed by atoms with van der Waals surface area (Å²) in [7, 11) is 0. The molecule has 0 atom stereocenters. The topological polar surface area (TPSA) is 23.1 Å². The van der Waals surface area contributed by atoms with Crippen LogP contribution in [-0.4, -0.2) is 67.8 Å². The van der Waals surface area contributed by atoms with Crippen LogP contribution in [0.4, 0.5) is 4.39 Å². The van der Waals surface area contributed by atoms with Gasteiger partial charge < -0.3 is 10.2 Å². The van der Waals surface area contributed by atoms with Crippen molar-refractivity contribution >= 4 is 0 Å². The Morgan fingerprint density at radius 2 is 1.69 bits per heavy atom. The van der Waals surface area contributed by atoms with Gasteiger partial charge in [-0.1, -0.05) is 6.92 Å². The molecule has 0 aromatic heterocycles. The van der Waals surface area contributed by atoms with E-state index in [9.17, 15) is 4.39 Å². The van der Waals surface area contributed by atoms with Crippen molar-refractivity contribution in [1.29, 1.82) is 0 Å². The van der Waals surface area contributed by atoms with Crippen LogP contribution >= 0.6 is 0 Å². The maximum Gasteiger partial charge on any atom is 0.126 e. The minimum Gasteiger partial charge on any atom is -0.344 e.